The first-order chi connectivity index (χ1) is 24.3. The summed E-state index contributed by atoms with van der Waals surface area (Å²) < 4.78 is 13.0. The summed E-state index contributed by atoms with van der Waals surface area (Å²) in [6, 6.07) is 17.2. The molecule has 2 aromatic rings. The average Bonchev–Trinajstić information content (AvgIpc) is 3.50. The molecule has 2 amide bonds. The third-order valence-electron chi connectivity index (χ3n) is 9.48. The molecule has 0 fully saturated rings. The molecule has 0 aliphatic carbocycles. The van der Waals surface area contributed by atoms with E-state index >= 15 is 9.59 Å². The van der Waals surface area contributed by atoms with Crippen molar-refractivity contribution in [3.63, 3.8) is 0 Å². The fraction of sp³-hybridized carbons (Fsp3) is 0.410. The molecule has 12 nitrogen and oxygen atoms in total. The van der Waals surface area contributed by atoms with Gasteiger partial charge in [0.05, 0.1) is 25.6 Å². The van der Waals surface area contributed by atoms with Gasteiger partial charge in [0.2, 0.25) is 23.3 Å². The molecule has 268 valence electrons. The highest BCUT2D eigenvalue weighted by Gasteiger charge is 2.71. The van der Waals surface area contributed by atoms with Gasteiger partial charge in [-0.15, -0.1) is 4.58 Å². The Morgan fingerprint density at radius 2 is 1.73 bits per heavy atom. The van der Waals surface area contributed by atoms with Crippen LogP contribution in [0.15, 0.2) is 84.3 Å². The van der Waals surface area contributed by atoms with Crippen LogP contribution in [-0.4, -0.2) is 83.9 Å². The van der Waals surface area contributed by atoms with Crippen molar-refractivity contribution in [2.24, 2.45) is 21.7 Å². The normalized spacial score (nSPS) is 22.1. The number of hydrogen-bond acceptors (Lipinski definition) is 10. The third kappa shape index (κ3) is 6.99. The molecule has 3 aliphatic rings. The summed E-state index contributed by atoms with van der Waals surface area (Å²) in [5.41, 5.74) is -3.56. The van der Waals surface area contributed by atoms with Gasteiger partial charge in [0.25, 0.3) is 0 Å². The van der Waals surface area contributed by atoms with Gasteiger partial charge in [-0.05, 0) is 38.3 Å². The van der Waals surface area contributed by atoms with Crippen LogP contribution in [0.25, 0.3) is 5.57 Å². The summed E-state index contributed by atoms with van der Waals surface area (Å²) in [6.45, 7) is 8.60. The predicted molar refractivity (Wildman–Crippen MR) is 191 cm³/mol. The number of ketones is 2. The summed E-state index contributed by atoms with van der Waals surface area (Å²) in [5, 5.41) is 8.92. The highest BCUT2D eigenvalue weighted by Crippen LogP contribution is 2.58. The van der Waals surface area contributed by atoms with Crippen molar-refractivity contribution in [1.82, 2.24) is 16.0 Å². The van der Waals surface area contributed by atoms with Gasteiger partial charge in [-0.25, -0.2) is 9.79 Å². The van der Waals surface area contributed by atoms with Crippen LogP contribution >= 0.6 is 0 Å². The van der Waals surface area contributed by atoms with Crippen LogP contribution in [0.3, 0.4) is 0 Å². The lowest BCUT2D eigenvalue weighted by Crippen LogP contribution is -2.66. The second-order valence-corrected chi connectivity index (χ2v) is 14.1. The summed E-state index contributed by atoms with van der Waals surface area (Å²) in [4.78, 5) is 77.0. The second kappa shape index (κ2) is 14.8. The summed E-state index contributed by atoms with van der Waals surface area (Å²) in [5.74, 6) is -3.49. The number of aliphatic imine (C=N–C) groups is 1. The Morgan fingerprint density at radius 3 is 2.27 bits per heavy atom. The SMILES string of the molecule is COC(=O)CC1([C@](Cc2ccccc2)(C(=O)NCC(C)=O)C2=NC(C)(C)CO2)C(=O)C(C(C)C)=[N+](C(=O)[C@H]2CNC=CN2)C=C1c1ccccc1. The summed E-state index contributed by atoms with van der Waals surface area (Å²) in [7, 11) is 1.22. The van der Waals surface area contributed by atoms with E-state index in [4.69, 9.17) is 14.5 Å². The molecule has 0 bridgehead atoms. The van der Waals surface area contributed by atoms with Crippen LogP contribution in [0.1, 0.15) is 52.2 Å². The lowest BCUT2D eigenvalue weighted by Gasteiger charge is -2.48. The van der Waals surface area contributed by atoms with E-state index in [-0.39, 0.29) is 49.1 Å². The zero-order valence-corrected chi connectivity index (χ0v) is 29.9. The van der Waals surface area contributed by atoms with Crippen molar-refractivity contribution in [3.8, 4) is 0 Å². The van der Waals surface area contributed by atoms with E-state index in [1.807, 2.05) is 44.2 Å². The highest BCUT2D eigenvalue weighted by atomic mass is 16.5. The van der Waals surface area contributed by atoms with Crippen LogP contribution in [0.4, 0.5) is 0 Å². The van der Waals surface area contributed by atoms with Crippen LogP contribution < -0.4 is 16.0 Å². The molecule has 3 N–H and O–H groups in total. The van der Waals surface area contributed by atoms with E-state index in [0.717, 1.165) is 0 Å². The van der Waals surface area contributed by atoms with Gasteiger partial charge in [-0.2, -0.15) is 0 Å². The largest absolute Gasteiger partial charge is 0.478 e. The number of esters is 1. The number of nitrogens with one attached hydrogen (secondary N) is 3. The van der Waals surface area contributed by atoms with Crippen molar-refractivity contribution in [1.29, 1.82) is 0 Å². The van der Waals surface area contributed by atoms with Crippen LogP contribution in [-0.2, 0) is 39.9 Å². The average molecular weight is 697 g/mol. The van der Waals surface area contributed by atoms with Gasteiger partial charge in [0.15, 0.2) is 12.2 Å². The molecule has 1 unspecified atom stereocenters. The quantitative estimate of drug-likeness (QED) is 0.225. The Balaban J connectivity index is 1.97. The molecule has 3 aliphatic heterocycles. The van der Waals surface area contributed by atoms with Gasteiger partial charge in [-0.1, -0.05) is 74.5 Å². The van der Waals surface area contributed by atoms with Crippen molar-refractivity contribution >= 4 is 46.5 Å². The van der Waals surface area contributed by atoms with E-state index in [9.17, 15) is 14.4 Å². The van der Waals surface area contributed by atoms with Gasteiger partial charge < -0.3 is 25.4 Å². The van der Waals surface area contributed by atoms with Crippen LogP contribution in [0.2, 0.25) is 0 Å². The Morgan fingerprint density at radius 1 is 1.06 bits per heavy atom. The minimum absolute atomic E-state index is 0.0531. The maximum atomic E-state index is 16.0. The maximum absolute atomic E-state index is 16.0. The molecule has 0 aromatic heterocycles. The minimum atomic E-state index is -2.11. The fourth-order valence-corrected chi connectivity index (χ4v) is 7.09. The van der Waals surface area contributed by atoms with E-state index in [2.05, 4.69) is 16.0 Å². The van der Waals surface area contributed by atoms with Crippen molar-refractivity contribution in [2.45, 2.75) is 59.0 Å². The first-order valence-electron chi connectivity index (χ1n) is 17.1. The molecule has 0 saturated carbocycles. The number of methoxy groups -OCH3 is 1. The van der Waals surface area contributed by atoms with Crippen molar-refractivity contribution in [2.75, 3.05) is 26.8 Å². The number of ether oxygens (including phenoxy) is 2. The summed E-state index contributed by atoms with van der Waals surface area (Å²) in [6.07, 6.45) is 4.12. The summed E-state index contributed by atoms with van der Waals surface area (Å²) >= 11 is 0. The van der Waals surface area contributed by atoms with Crippen LogP contribution in [0, 0.1) is 16.7 Å². The third-order valence-corrected chi connectivity index (χ3v) is 9.48. The molecule has 3 heterocycles. The number of amides is 2. The van der Waals surface area contributed by atoms with E-state index in [0.29, 0.717) is 11.1 Å². The predicted octanol–water partition coefficient (Wildman–Crippen LogP) is 2.97. The highest BCUT2D eigenvalue weighted by molar-refractivity contribution is 6.46. The number of rotatable bonds is 12. The van der Waals surface area contributed by atoms with Crippen molar-refractivity contribution < 1.29 is 38.0 Å². The molecular weight excluding hydrogens is 650 g/mol. The Hall–Kier alpha value is -5.39. The topological polar surface area (TPSA) is 155 Å². The van der Waals surface area contributed by atoms with Gasteiger partial charge in [0.1, 0.15) is 23.2 Å². The van der Waals surface area contributed by atoms with E-state index < -0.39 is 58.3 Å². The van der Waals surface area contributed by atoms with Crippen LogP contribution in [0.5, 0.6) is 0 Å². The molecule has 12 heteroatoms. The van der Waals surface area contributed by atoms with Crippen molar-refractivity contribution in [3.05, 3.63) is 90.4 Å². The molecule has 0 saturated heterocycles. The molecule has 2 aromatic carbocycles. The standard InChI is InChI=1S/C39H45N5O7/c1-25(2)32-33(47)38(20-31(46)50-6,29(28-15-11-8-12-16-28)23-44(32)34(48)30-22-40-17-18-41-30)39(35(49)42-21-26(3)45,19-27-13-9-7-10-14-27)36-43-37(4,5)24-51-36/h7-18,23,25,30H,19-22,24H2,1-6H3,(H2,42,47,49)/p+1/t30-,38?,39-/m1/s1. The number of allylic oxidation sites excluding steroid dienone is 1. The molecule has 3 atom stereocenters. The fourth-order valence-electron chi connectivity index (χ4n) is 7.09. The molecular formula is C39H46N5O7+. The first kappa shape index (κ1) is 36.9. The molecule has 51 heavy (non-hydrogen) atoms. The minimum Gasteiger partial charge on any atom is -0.478 e. The zero-order valence-electron chi connectivity index (χ0n) is 29.9. The molecule has 0 spiro atoms. The number of nitrogens with zero attached hydrogens (tertiary/aromatic N) is 2. The van der Waals surface area contributed by atoms with E-state index in [1.54, 1.807) is 62.8 Å². The maximum Gasteiger partial charge on any atom is 0.416 e. The Kier molecular flexibility index (Phi) is 10.7. The number of carbonyl (C=O) groups is 5. The van der Waals surface area contributed by atoms with Gasteiger partial charge >= 0.3 is 11.9 Å². The molecule has 5 rings (SSSR count). The number of Topliss-reactive ketones (excluding diaryl/α,β-unsaturated/α-hetero) is 2. The monoisotopic (exact) mass is 696 g/mol. The number of hydrogen-bond donors (Lipinski definition) is 3. The lowest BCUT2D eigenvalue weighted by atomic mass is 9.50. The smallest absolute Gasteiger partial charge is 0.416 e. The Bertz CT molecular complexity index is 1830. The second-order valence-electron chi connectivity index (χ2n) is 14.1. The number of benzene rings is 2. The first-order valence-corrected chi connectivity index (χ1v) is 17.1. The zero-order chi connectivity index (χ0) is 37.0. The van der Waals surface area contributed by atoms with Gasteiger partial charge in [-0.3, -0.25) is 19.2 Å². The van der Waals surface area contributed by atoms with E-state index in [1.165, 1.54) is 18.6 Å². The molecule has 0 radical (unpaired) electrons. The lowest BCUT2D eigenvalue weighted by molar-refractivity contribution is -0.387. The number of carbonyl (C=O) groups excluding carboxylic acids is 5. The Labute approximate surface area is 298 Å². The van der Waals surface area contributed by atoms with Gasteiger partial charge in [0, 0.05) is 30.4 Å².